The van der Waals surface area contributed by atoms with Crippen LogP contribution >= 0.6 is 0 Å². The van der Waals surface area contributed by atoms with Crippen LogP contribution in [-0.4, -0.2) is 17.5 Å². The van der Waals surface area contributed by atoms with Crippen LogP contribution in [0.25, 0.3) is 0 Å². The summed E-state index contributed by atoms with van der Waals surface area (Å²) in [5.41, 5.74) is 0.192. The third-order valence-electron chi connectivity index (χ3n) is 2.75. The van der Waals surface area contributed by atoms with Gasteiger partial charge in [0.2, 0.25) is 0 Å². The Morgan fingerprint density at radius 1 is 0.864 bits per heavy atom. The van der Waals surface area contributed by atoms with Crippen LogP contribution in [0.1, 0.15) is 36.7 Å². The summed E-state index contributed by atoms with van der Waals surface area (Å²) in [4.78, 5) is 24.3. The van der Waals surface area contributed by atoms with Crippen molar-refractivity contribution in [3.8, 4) is 5.75 Å². The number of ketones is 1. The summed E-state index contributed by atoms with van der Waals surface area (Å²) in [6, 6.07) is 15.4. The van der Waals surface area contributed by atoms with Crippen molar-refractivity contribution >= 4 is 11.9 Å². The number of rotatable bonds is 3. The summed E-state index contributed by atoms with van der Waals surface area (Å²) in [6.45, 7) is 5.24. The normalized spacial score (nSPS) is 10.9. The molecule has 0 N–H and O–H groups in total. The SMILES string of the molecule is CC(C)(C)OC(=O)Oc1ccccc1C(=O)c1ccccc1. The van der Waals surface area contributed by atoms with Gasteiger partial charge in [-0.3, -0.25) is 4.79 Å². The highest BCUT2D eigenvalue weighted by Gasteiger charge is 2.21. The van der Waals surface area contributed by atoms with E-state index in [0.717, 1.165) is 0 Å². The predicted octanol–water partition coefficient (Wildman–Crippen LogP) is 4.23. The molecule has 0 bridgehead atoms. The lowest BCUT2D eigenvalue weighted by Crippen LogP contribution is -2.26. The van der Waals surface area contributed by atoms with E-state index in [9.17, 15) is 9.59 Å². The smallest absolute Gasteiger partial charge is 0.428 e. The zero-order valence-electron chi connectivity index (χ0n) is 12.8. The molecule has 0 heterocycles. The Hall–Kier alpha value is -2.62. The molecule has 2 aromatic carbocycles. The third kappa shape index (κ3) is 4.19. The molecule has 4 nitrogen and oxygen atoms in total. The van der Waals surface area contributed by atoms with Crippen molar-refractivity contribution < 1.29 is 19.1 Å². The van der Waals surface area contributed by atoms with E-state index in [1.165, 1.54) is 0 Å². The summed E-state index contributed by atoms with van der Waals surface area (Å²) in [5, 5.41) is 0. The molecule has 0 amide bonds. The maximum atomic E-state index is 12.5. The number of hydrogen-bond donors (Lipinski definition) is 0. The molecule has 0 saturated carbocycles. The first-order chi connectivity index (χ1) is 10.4. The summed E-state index contributed by atoms with van der Waals surface area (Å²) in [7, 11) is 0. The van der Waals surface area contributed by atoms with Gasteiger partial charge < -0.3 is 9.47 Å². The van der Waals surface area contributed by atoms with Gasteiger partial charge in [-0.2, -0.15) is 0 Å². The Bertz CT molecular complexity index is 669. The molecular formula is C18H18O4. The first-order valence-electron chi connectivity index (χ1n) is 6.96. The molecule has 0 aromatic heterocycles. The molecule has 22 heavy (non-hydrogen) atoms. The van der Waals surface area contributed by atoms with E-state index in [0.29, 0.717) is 11.1 Å². The van der Waals surface area contributed by atoms with E-state index in [1.807, 2.05) is 6.07 Å². The fourth-order valence-electron chi connectivity index (χ4n) is 1.85. The fraction of sp³-hybridized carbons (Fsp3) is 0.222. The van der Waals surface area contributed by atoms with Crippen LogP contribution in [-0.2, 0) is 4.74 Å². The highest BCUT2D eigenvalue weighted by Crippen LogP contribution is 2.22. The molecule has 2 rings (SSSR count). The standard InChI is InChI=1S/C18H18O4/c1-18(2,3)22-17(20)21-15-12-8-7-11-14(15)16(19)13-9-5-4-6-10-13/h4-12H,1-3H3. The third-order valence-corrected chi connectivity index (χ3v) is 2.75. The lowest BCUT2D eigenvalue weighted by atomic mass is 10.0. The molecule has 0 aliphatic carbocycles. The van der Waals surface area contributed by atoms with Crippen molar-refractivity contribution in [2.24, 2.45) is 0 Å². The molecule has 0 spiro atoms. The van der Waals surface area contributed by atoms with Crippen molar-refractivity contribution in [2.45, 2.75) is 26.4 Å². The lowest BCUT2D eigenvalue weighted by molar-refractivity contribution is 0.0205. The largest absolute Gasteiger partial charge is 0.514 e. The van der Waals surface area contributed by atoms with Crippen LogP contribution in [0, 0.1) is 0 Å². The van der Waals surface area contributed by atoms with Gasteiger partial charge in [-0.15, -0.1) is 0 Å². The van der Waals surface area contributed by atoms with Crippen LogP contribution < -0.4 is 4.74 Å². The second-order valence-corrected chi connectivity index (χ2v) is 5.76. The van der Waals surface area contributed by atoms with E-state index in [-0.39, 0.29) is 11.5 Å². The van der Waals surface area contributed by atoms with E-state index in [1.54, 1.807) is 69.3 Å². The highest BCUT2D eigenvalue weighted by molar-refractivity contribution is 6.10. The van der Waals surface area contributed by atoms with Gasteiger partial charge in [0.1, 0.15) is 11.4 Å². The van der Waals surface area contributed by atoms with Crippen LogP contribution in [0.3, 0.4) is 0 Å². The van der Waals surface area contributed by atoms with E-state index in [4.69, 9.17) is 9.47 Å². The van der Waals surface area contributed by atoms with E-state index < -0.39 is 11.8 Å². The van der Waals surface area contributed by atoms with Crippen molar-refractivity contribution in [3.63, 3.8) is 0 Å². The maximum Gasteiger partial charge on any atom is 0.514 e. The van der Waals surface area contributed by atoms with Gasteiger partial charge in [0, 0.05) is 5.56 Å². The molecule has 4 heteroatoms. The number of carbonyl (C=O) groups is 2. The number of carbonyl (C=O) groups excluding carboxylic acids is 2. The first-order valence-corrected chi connectivity index (χ1v) is 6.96. The van der Waals surface area contributed by atoms with Gasteiger partial charge in [-0.1, -0.05) is 42.5 Å². The van der Waals surface area contributed by atoms with Crippen LogP contribution in [0.4, 0.5) is 4.79 Å². The molecule has 0 unspecified atom stereocenters. The molecule has 114 valence electrons. The Labute approximate surface area is 129 Å². The predicted molar refractivity (Wildman–Crippen MR) is 83.2 cm³/mol. The van der Waals surface area contributed by atoms with Gasteiger partial charge in [0.15, 0.2) is 5.78 Å². The Kier molecular flexibility index (Phi) is 4.61. The average molecular weight is 298 g/mol. The topological polar surface area (TPSA) is 52.6 Å². The Morgan fingerprint density at radius 2 is 1.45 bits per heavy atom. The minimum absolute atomic E-state index is 0.186. The minimum atomic E-state index is -0.833. The molecule has 0 aliphatic rings. The molecule has 0 atom stereocenters. The molecule has 2 aromatic rings. The first kappa shape index (κ1) is 15.8. The second kappa shape index (κ2) is 6.43. The molecule has 0 radical (unpaired) electrons. The second-order valence-electron chi connectivity index (χ2n) is 5.76. The van der Waals surface area contributed by atoms with Gasteiger partial charge in [0.05, 0.1) is 5.56 Å². The fourth-order valence-corrected chi connectivity index (χ4v) is 1.85. The summed E-state index contributed by atoms with van der Waals surface area (Å²) in [5.74, 6) is -0.0228. The van der Waals surface area contributed by atoms with Gasteiger partial charge in [0.25, 0.3) is 0 Å². The quantitative estimate of drug-likeness (QED) is 0.483. The molecule has 0 aliphatic heterocycles. The van der Waals surface area contributed by atoms with Crippen molar-refractivity contribution in [1.82, 2.24) is 0 Å². The summed E-state index contributed by atoms with van der Waals surface area (Å²) < 4.78 is 10.3. The minimum Gasteiger partial charge on any atom is -0.428 e. The molecule has 0 fully saturated rings. The van der Waals surface area contributed by atoms with E-state index >= 15 is 0 Å². The number of hydrogen-bond acceptors (Lipinski definition) is 4. The maximum absolute atomic E-state index is 12.5. The monoisotopic (exact) mass is 298 g/mol. The number of para-hydroxylation sites is 1. The van der Waals surface area contributed by atoms with Crippen molar-refractivity contribution in [3.05, 3.63) is 65.7 Å². The van der Waals surface area contributed by atoms with Crippen molar-refractivity contribution in [2.75, 3.05) is 0 Å². The van der Waals surface area contributed by atoms with Crippen LogP contribution in [0.2, 0.25) is 0 Å². The van der Waals surface area contributed by atoms with Gasteiger partial charge in [-0.25, -0.2) is 4.79 Å². The summed E-state index contributed by atoms with van der Waals surface area (Å²) >= 11 is 0. The van der Waals surface area contributed by atoms with Gasteiger partial charge in [-0.05, 0) is 32.9 Å². The molecule has 0 saturated heterocycles. The van der Waals surface area contributed by atoms with Crippen LogP contribution in [0.15, 0.2) is 54.6 Å². The highest BCUT2D eigenvalue weighted by atomic mass is 16.7. The molecular weight excluding hydrogens is 280 g/mol. The average Bonchev–Trinajstić information content (AvgIpc) is 2.46. The zero-order valence-corrected chi connectivity index (χ0v) is 12.8. The Morgan fingerprint density at radius 3 is 2.09 bits per heavy atom. The number of benzene rings is 2. The van der Waals surface area contributed by atoms with E-state index in [2.05, 4.69) is 0 Å². The van der Waals surface area contributed by atoms with Crippen molar-refractivity contribution in [1.29, 1.82) is 0 Å². The zero-order chi connectivity index (χ0) is 16.2. The summed E-state index contributed by atoms with van der Waals surface area (Å²) in [6.07, 6.45) is -0.833. The van der Waals surface area contributed by atoms with Gasteiger partial charge >= 0.3 is 6.16 Å². The lowest BCUT2D eigenvalue weighted by Gasteiger charge is -2.19. The Balaban J connectivity index is 2.24. The number of ether oxygens (including phenoxy) is 2. The van der Waals surface area contributed by atoms with Crippen LogP contribution in [0.5, 0.6) is 5.75 Å².